The van der Waals surface area contributed by atoms with Crippen LogP contribution in [0.25, 0.3) is 10.9 Å². The lowest BCUT2D eigenvalue weighted by Crippen LogP contribution is -2.44. The molecule has 1 saturated heterocycles. The van der Waals surface area contributed by atoms with Crippen molar-refractivity contribution in [2.24, 2.45) is 7.05 Å². The summed E-state index contributed by atoms with van der Waals surface area (Å²) in [5.74, 6) is 0.194. The number of hydrogen-bond donors (Lipinski definition) is 1. The van der Waals surface area contributed by atoms with Gasteiger partial charge in [-0.05, 0) is 30.2 Å². The molecular formula is C20H23N3O2. The summed E-state index contributed by atoms with van der Waals surface area (Å²) in [5.41, 5.74) is 3.45. The standard InChI is InChI=1S/C20H23N3O2/c1-22-10-4-7-18(22)19-14-25-12-11-23(19)20(24)9-8-15-13-21-17-6-3-2-5-16(15)17/h2-7,10,13,19,21H,8-9,11-12,14H2,1H3/t19-/m0/s1. The van der Waals surface area contributed by atoms with E-state index in [-0.39, 0.29) is 11.9 Å². The van der Waals surface area contributed by atoms with Gasteiger partial charge in [0.2, 0.25) is 5.91 Å². The fourth-order valence-electron chi connectivity index (χ4n) is 3.69. The van der Waals surface area contributed by atoms with Crippen LogP contribution in [0, 0.1) is 0 Å². The zero-order chi connectivity index (χ0) is 17.2. The summed E-state index contributed by atoms with van der Waals surface area (Å²) >= 11 is 0. The number of benzene rings is 1. The molecule has 4 rings (SSSR count). The topological polar surface area (TPSA) is 50.3 Å². The highest BCUT2D eigenvalue weighted by Gasteiger charge is 2.29. The van der Waals surface area contributed by atoms with Crippen LogP contribution < -0.4 is 0 Å². The van der Waals surface area contributed by atoms with E-state index in [2.05, 4.69) is 27.8 Å². The highest BCUT2D eigenvalue weighted by Crippen LogP contribution is 2.26. The van der Waals surface area contributed by atoms with E-state index in [4.69, 9.17) is 4.74 Å². The molecule has 0 bridgehead atoms. The van der Waals surface area contributed by atoms with Crippen LogP contribution in [0.15, 0.2) is 48.8 Å². The maximum absolute atomic E-state index is 12.9. The van der Waals surface area contributed by atoms with Gasteiger partial charge in [0.25, 0.3) is 0 Å². The third-order valence-corrected chi connectivity index (χ3v) is 5.06. The van der Waals surface area contributed by atoms with E-state index in [0.29, 0.717) is 26.2 Å². The third-order valence-electron chi connectivity index (χ3n) is 5.06. The van der Waals surface area contributed by atoms with Crippen LogP contribution in [0.1, 0.15) is 23.7 Å². The Morgan fingerprint density at radius 2 is 2.16 bits per heavy atom. The lowest BCUT2D eigenvalue weighted by atomic mass is 10.1. The number of rotatable bonds is 4. The molecule has 1 atom stereocenters. The molecule has 1 aliphatic rings. The van der Waals surface area contributed by atoms with Crippen LogP contribution in [-0.2, 0) is 23.0 Å². The maximum atomic E-state index is 12.9. The first-order valence-electron chi connectivity index (χ1n) is 8.77. The number of aromatic nitrogens is 2. The molecule has 5 heteroatoms. The number of morpholine rings is 1. The molecule has 1 aromatic carbocycles. The molecule has 1 N–H and O–H groups in total. The number of ether oxygens (including phenoxy) is 1. The van der Waals surface area contributed by atoms with Crippen molar-refractivity contribution in [1.82, 2.24) is 14.5 Å². The summed E-state index contributed by atoms with van der Waals surface area (Å²) in [6.07, 6.45) is 5.30. The van der Waals surface area contributed by atoms with E-state index in [1.54, 1.807) is 0 Å². The minimum Gasteiger partial charge on any atom is -0.377 e. The molecular weight excluding hydrogens is 314 g/mol. The monoisotopic (exact) mass is 337 g/mol. The van der Waals surface area contributed by atoms with Gasteiger partial charge in [0, 0.05) is 49.0 Å². The van der Waals surface area contributed by atoms with E-state index in [0.717, 1.165) is 17.6 Å². The average molecular weight is 337 g/mol. The van der Waals surface area contributed by atoms with Crippen molar-refractivity contribution >= 4 is 16.8 Å². The third kappa shape index (κ3) is 3.07. The molecule has 1 fully saturated rings. The van der Waals surface area contributed by atoms with Crippen molar-refractivity contribution in [2.75, 3.05) is 19.8 Å². The minimum absolute atomic E-state index is 0.00391. The number of carbonyl (C=O) groups excluding carboxylic acids is 1. The summed E-state index contributed by atoms with van der Waals surface area (Å²) in [5, 5.41) is 1.20. The number of H-pyrrole nitrogens is 1. The van der Waals surface area contributed by atoms with Gasteiger partial charge in [0.05, 0.1) is 19.3 Å². The summed E-state index contributed by atoms with van der Waals surface area (Å²) in [4.78, 5) is 18.2. The Labute approximate surface area is 147 Å². The normalized spacial score (nSPS) is 18.0. The number of carbonyl (C=O) groups is 1. The molecule has 25 heavy (non-hydrogen) atoms. The lowest BCUT2D eigenvalue weighted by molar-refractivity contribution is -0.140. The van der Waals surface area contributed by atoms with E-state index in [1.165, 1.54) is 10.9 Å². The number of nitrogens with zero attached hydrogens (tertiary/aromatic N) is 2. The lowest BCUT2D eigenvalue weighted by Gasteiger charge is -2.36. The Balaban J connectivity index is 1.48. The molecule has 3 heterocycles. The van der Waals surface area contributed by atoms with Gasteiger partial charge in [0.15, 0.2) is 0 Å². The van der Waals surface area contributed by atoms with Crippen LogP contribution in [0.4, 0.5) is 0 Å². The smallest absolute Gasteiger partial charge is 0.223 e. The number of hydrogen-bond acceptors (Lipinski definition) is 2. The van der Waals surface area contributed by atoms with E-state index in [9.17, 15) is 4.79 Å². The summed E-state index contributed by atoms with van der Waals surface area (Å²) in [7, 11) is 2.01. The van der Waals surface area contributed by atoms with Crippen molar-refractivity contribution in [3.8, 4) is 0 Å². The van der Waals surface area contributed by atoms with Gasteiger partial charge in [-0.3, -0.25) is 4.79 Å². The molecule has 5 nitrogen and oxygen atoms in total. The highest BCUT2D eigenvalue weighted by atomic mass is 16.5. The molecule has 0 radical (unpaired) electrons. The van der Waals surface area contributed by atoms with Crippen molar-refractivity contribution in [1.29, 1.82) is 0 Å². The second-order valence-electron chi connectivity index (χ2n) is 6.58. The van der Waals surface area contributed by atoms with Gasteiger partial charge in [-0.2, -0.15) is 0 Å². The first kappa shape index (κ1) is 16.0. The maximum Gasteiger partial charge on any atom is 0.223 e. The fraction of sp³-hybridized carbons (Fsp3) is 0.350. The van der Waals surface area contributed by atoms with Crippen molar-refractivity contribution < 1.29 is 9.53 Å². The van der Waals surface area contributed by atoms with Crippen LogP contribution >= 0.6 is 0 Å². The van der Waals surface area contributed by atoms with Crippen LogP contribution in [-0.4, -0.2) is 40.1 Å². The predicted octanol–water partition coefficient (Wildman–Crippen LogP) is 3.04. The second kappa shape index (κ2) is 6.76. The highest BCUT2D eigenvalue weighted by molar-refractivity contribution is 5.84. The van der Waals surface area contributed by atoms with Crippen LogP contribution in [0.3, 0.4) is 0 Å². The largest absolute Gasteiger partial charge is 0.377 e. The fourth-order valence-corrected chi connectivity index (χ4v) is 3.69. The summed E-state index contributed by atoms with van der Waals surface area (Å²) in [6, 6.07) is 12.3. The first-order chi connectivity index (χ1) is 12.2. The first-order valence-corrected chi connectivity index (χ1v) is 8.77. The van der Waals surface area contributed by atoms with Gasteiger partial charge >= 0.3 is 0 Å². The van der Waals surface area contributed by atoms with Crippen LogP contribution in [0.2, 0.25) is 0 Å². The molecule has 0 saturated carbocycles. The molecule has 2 aromatic heterocycles. The Hall–Kier alpha value is -2.53. The molecule has 1 amide bonds. The summed E-state index contributed by atoms with van der Waals surface area (Å²) in [6.45, 7) is 1.83. The molecule has 0 unspecified atom stereocenters. The number of nitrogens with one attached hydrogen (secondary N) is 1. The number of fused-ring (bicyclic) bond motifs is 1. The molecule has 0 spiro atoms. The van der Waals surface area contributed by atoms with Crippen molar-refractivity contribution in [2.45, 2.75) is 18.9 Å². The van der Waals surface area contributed by atoms with Gasteiger partial charge in [-0.25, -0.2) is 0 Å². The Bertz CT molecular complexity index is 880. The second-order valence-corrected chi connectivity index (χ2v) is 6.58. The van der Waals surface area contributed by atoms with Gasteiger partial charge in [0.1, 0.15) is 0 Å². The zero-order valence-corrected chi connectivity index (χ0v) is 14.4. The van der Waals surface area contributed by atoms with Crippen molar-refractivity contribution in [3.63, 3.8) is 0 Å². The molecule has 130 valence electrons. The van der Waals surface area contributed by atoms with Gasteiger partial charge < -0.3 is 19.2 Å². The van der Waals surface area contributed by atoms with Gasteiger partial charge in [-0.1, -0.05) is 18.2 Å². The SMILES string of the molecule is Cn1cccc1[C@@H]1COCCN1C(=O)CCc1c[nH]c2ccccc12. The molecule has 3 aromatic rings. The Morgan fingerprint density at radius 3 is 3.00 bits per heavy atom. The van der Waals surface area contributed by atoms with E-state index < -0.39 is 0 Å². The van der Waals surface area contributed by atoms with E-state index >= 15 is 0 Å². The zero-order valence-electron chi connectivity index (χ0n) is 14.4. The Morgan fingerprint density at radius 1 is 1.28 bits per heavy atom. The molecule has 0 aliphatic carbocycles. The summed E-state index contributed by atoms with van der Waals surface area (Å²) < 4.78 is 7.71. The van der Waals surface area contributed by atoms with E-state index in [1.807, 2.05) is 42.5 Å². The quantitative estimate of drug-likeness (QED) is 0.795. The number of amides is 1. The predicted molar refractivity (Wildman–Crippen MR) is 97.3 cm³/mol. The average Bonchev–Trinajstić information content (AvgIpc) is 3.26. The number of aryl methyl sites for hydroxylation is 2. The van der Waals surface area contributed by atoms with Gasteiger partial charge in [-0.15, -0.1) is 0 Å². The molecule has 1 aliphatic heterocycles. The number of para-hydroxylation sites is 1. The Kier molecular flexibility index (Phi) is 4.32. The minimum atomic E-state index is 0.00391. The van der Waals surface area contributed by atoms with Crippen molar-refractivity contribution in [3.05, 3.63) is 60.0 Å². The number of aromatic amines is 1. The van der Waals surface area contributed by atoms with Crippen LogP contribution in [0.5, 0.6) is 0 Å².